The number of nitrogens with zero attached hydrogens (tertiary/aromatic N) is 5. The van der Waals surface area contributed by atoms with E-state index in [0.717, 1.165) is 11.5 Å². The third-order valence-corrected chi connectivity index (χ3v) is 2.67. The number of rotatable bonds is 4. The van der Waals surface area contributed by atoms with Gasteiger partial charge in [0.05, 0.1) is 11.5 Å². The molecule has 0 bridgehead atoms. The van der Waals surface area contributed by atoms with Crippen LogP contribution in [-0.2, 0) is 13.6 Å². The van der Waals surface area contributed by atoms with E-state index in [9.17, 15) is 10.1 Å². The zero-order chi connectivity index (χ0) is 13.1. The van der Waals surface area contributed by atoms with Gasteiger partial charge >= 0.3 is 0 Å². The van der Waals surface area contributed by atoms with Crippen molar-refractivity contribution in [1.29, 1.82) is 0 Å². The lowest BCUT2D eigenvalue weighted by molar-refractivity contribution is -0.384. The van der Waals surface area contributed by atoms with Gasteiger partial charge in [0.1, 0.15) is 6.33 Å². The van der Waals surface area contributed by atoms with E-state index in [1.54, 1.807) is 12.4 Å². The maximum Gasteiger partial charge on any atom is 0.271 e. The van der Waals surface area contributed by atoms with Crippen LogP contribution in [0.3, 0.4) is 0 Å². The fourth-order valence-electron chi connectivity index (χ4n) is 1.60. The summed E-state index contributed by atoms with van der Waals surface area (Å²) >= 11 is 0. The van der Waals surface area contributed by atoms with Crippen molar-refractivity contribution in [2.75, 3.05) is 11.9 Å². The Hall–Kier alpha value is -2.44. The van der Waals surface area contributed by atoms with Crippen LogP contribution in [0.2, 0.25) is 0 Å². The van der Waals surface area contributed by atoms with Crippen LogP contribution in [0.15, 0.2) is 30.6 Å². The standard InChI is InChI=1S/C11H13N5O2/c1-14(7-11-13-12-8-15(11)2)9-4-3-5-10(6-9)16(17)18/h3-6,8H,7H2,1-2H3. The van der Waals surface area contributed by atoms with Crippen molar-refractivity contribution in [2.24, 2.45) is 7.05 Å². The first-order chi connectivity index (χ1) is 8.58. The van der Waals surface area contributed by atoms with E-state index in [0.29, 0.717) is 6.54 Å². The highest BCUT2D eigenvalue weighted by atomic mass is 16.6. The Morgan fingerprint density at radius 3 is 2.89 bits per heavy atom. The molecule has 7 heteroatoms. The van der Waals surface area contributed by atoms with Gasteiger partial charge in [-0.1, -0.05) is 6.07 Å². The molecule has 1 aromatic heterocycles. The molecule has 7 nitrogen and oxygen atoms in total. The van der Waals surface area contributed by atoms with Gasteiger partial charge < -0.3 is 9.47 Å². The predicted octanol–water partition coefficient (Wildman–Crippen LogP) is 1.36. The monoisotopic (exact) mass is 247 g/mol. The maximum atomic E-state index is 10.7. The van der Waals surface area contributed by atoms with Gasteiger partial charge in [-0.25, -0.2) is 0 Å². The molecule has 0 aliphatic rings. The number of benzene rings is 1. The van der Waals surface area contributed by atoms with Crippen molar-refractivity contribution in [3.05, 3.63) is 46.5 Å². The number of hydrogen-bond donors (Lipinski definition) is 0. The molecule has 0 aliphatic heterocycles. The molecule has 0 saturated carbocycles. The molecular weight excluding hydrogens is 234 g/mol. The zero-order valence-corrected chi connectivity index (χ0v) is 10.1. The molecule has 0 unspecified atom stereocenters. The number of nitro benzene ring substituents is 1. The van der Waals surface area contributed by atoms with E-state index in [1.165, 1.54) is 12.1 Å². The summed E-state index contributed by atoms with van der Waals surface area (Å²) in [5.41, 5.74) is 0.851. The third-order valence-electron chi connectivity index (χ3n) is 2.67. The number of nitro groups is 1. The molecular formula is C11H13N5O2. The first-order valence-corrected chi connectivity index (χ1v) is 5.36. The van der Waals surface area contributed by atoms with Crippen LogP contribution in [0.4, 0.5) is 11.4 Å². The Morgan fingerprint density at radius 2 is 2.28 bits per heavy atom. The Kier molecular flexibility index (Phi) is 3.22. The number of anilines is 1. The molecule has 0 N–H and O–H groups in total. The highest BCUT2D eigenvalue weighted by molar-refractivity contribution is 5.52. The summed E-state index contributed by atoms with van der Waals surface area (Å²) in [4.78, 5) is 12.2. The molecule has 0 atom stereocenters. The number of aryl methyl sites for hydroxylation is 1. The highest BCUT2D eigenvalue weighted by Gasteiger charge is 2.10. The molecule has 18 heavy (non-hydrogen) atoms. The smallest absolute Gasteiger partial charge is 0.271 e. The van der Waals surface area contributed by atoms with Crippen molar-refractivity contribution in [1.82, 2.24) is 14.8 Å². The normalized spacial score (nSPS) is 10.3. The Balaban J connectivity index is 2.18. The van der Waals surface area contributed by atoms with Crippen LogP contribution >= 0.6 is 0 Å². The first kappa shape index (κ1) is 12.0. The quantitative estimate of drug-likeness (QED) is 0.602. The summed E-state index contributed by atoms with van der Waals surface area (Å²) in [6.45, 7) is 0.539. The molecule has 0 spiro atoms. The maximum absolute atomic E-state index is 10.7. The van der Waals surface area contributed by atoms with E-state index >= 15 is 0 Å². The largest absolute Gasteiger partial charge is 0.367 e. The number of aromatic nitrogens is 3. The predicted molar refractivity (Wildman–Crippen MR) is 66.2 cm³/mol. The summed E-state index contributed by atoms with van der Waals surface area (Å²) in [6, 6.07) is 6.50. The molecule has 0 amide bonds. The van der Waals surface area contributed by atoms with Gasteiger partial charge in [0.2, 0.25) is 0 Å². The van der Waals surface area contributed by atoms with Gasteiger partial charge in [-0.05, 0) is 6.07 Å². The minimum Gasteiger partial charge on any atom is -0.367 e. The second-order valence-electron chi connectivity index (χ2n) is 3.99. The van der Waals surface area contributed by atoms with E-state index in [-0.39, 0.29) is 5.69 Å². The number of hydrogen-bond acceptors (Lipinski definition) is 5. The fourth-order valence-corrected chi connectivity index (χ4v) is 1.60. The summed E-state index contributed by atoms with van der Waals surface area (Å²) in [5.74, 6) is 0.795. The third kappa shape index (κ3) is 2.45. The number of non-ortho nitro benzene ring substituents is 1. The average molecular weight is 247 g/mol. The van der Waals surface area contributed by atoms with Gasteiger partial charge in [0.25, 0.3) is 5.69 Å². The Bertz CT molecular complexity index is 566. The van der Waals surface area contributed by atoms with Gasteiger partial charge in [0, 0.05) is 31.9 Å². The molecule has 1 heterocycles. The second kappa shape index (κ2) is 4.82. The molecule has 0 radical (unpaired) electrons. The summed E-state index contributed by atoms with van der Waals surface area (Å²) in [7, 11) is 3.71. The van der Waals surface area contributed by atoms with Gasteiger partial charge in [-0.15, -0.1) is 10.2 Å². The minimum atomic E-state index is -0.403. The van der Waals surface area contributed by atoms with Crippen molar-refractivity contribution in [3.63, 3.8) is 0 Å². The lowest BCUT2D eigenvalue weighted by atomic mass is 10.2. The zero-order valence-electron chi connectivity index (χ0n) is 10.1. The van der Waals surface area contributed by atoms with Crippen LogP contribution < -0.4 is 4.90 Å². The van der Waals surface area contributed by atoms with E-state index < -0.39 is 4.92 Å². The molecule has 94 valence electrons. The van der Waals surface area contributed by atoms with Gasteiger partial charge in [0.15, 0.2) is 5.82 Å². The van der Waals surface area contributed by atoms with Crippen LogP contribution in [0.5, 0.6) is 0 Å². The summed E-state index contributed by atoms with van der Waals surface area (Å²) < 4.78 is 1.81. The topological polar surface area (TPSA) is 77.1 Å². The fraction of sp³-hybridized carbons (Fsp3) is 0.273. The van der Waals surface area contributed by atoms with Crippen molar-refractivity contribution < 1.29 is 4.92 Å². The van der Waals surface area contributed by atoms with Crippen LogP contribution in [0.1, 0.15) is 5.82 Å². The first-order valence-electron chi connectivity index (χ1n) is 5.36. The van der Waals surface area contributed by atoms with Gasteiger partial charge in [-0.3, -0.25) is 10.1 Å². The molecule has 0 aliphatic carbocycles. The van der Waals surface area contributed by atoms with E-state index in [2.05, 4.69) is 10.2 Å². The Labute approximate surface area is 104 Å². The summed E-state index contributed by atoms with van der Waals surface area (Å²) in [6.07, 6.45) is 1.62. The lowest BCUT2D eigenvalue weighted by Gasteiger charge is -2.18. The molecule has 0 saturated heterocycles. The average Bonchev–Trinajstić information content (AvgIpc) is 2.75. The van der Waals surface area contributed by atoms with E-state index in [1.807, 2.05) is 29.6 Å². The summed E-state index contributed by atoms with van der Waals surface area (Å²) in [5, 5.41) is 18.5. The van der Waals surface area contributed by atoms with Crippen LogP contribution in [0, 0.1) is 10.1 Å². The molecule has 1 aromatic carbocycles. The Morgan fingerprint density at radius 1 is 1.50 bits per heavy atom. The van der Waals surface area contributed by atoms with Crippen molar-refractivity contribution in [2.45, 2.75) is 6.54 Å². The van der Waals surface area contributed by atoms with Crippen molar-refractivity contribution in [3.8, 4) is 0 Å². The van der Waals surface area contributed by atoms with E-state index in [4.69, 9.17) is 0 Å². The molecule has 2 rings (SSSR count). The van der Waals surface area contributed by atoms with Crippen LogP contribution in [-0.4, -0.2) is 26.7 Å². The molecule has 2 aromatic rings. The minimum absolute atomic E-state index is 0.0808. The van der Waals surface area contributed by atoms with Crippen LogP contribution in [0.25, 0.3) is 0 Å². The highest BCUT2D eigenvalue weighted by Crippen LogP contribution is 2.20. The van der Waals surface area contributed by atoms with Gasteiger partial charge in [-0.2, -0.15) is 0 Å². The molecule has 0 fully saturated rings. The van der Waals surface area contributed by atoms with Crippen molar-refractivity contribution >= 4 is 11.4 Å². The SMILES string of the molecule is CN(Cc1nncn1C)c1cccc([N+](=O)[O-])c1. The lowest BCUT2D eigenvalue weighted by Crippen LogP contribution is -2.19. The second-order valence-corrected chi connectivity index (χ2v) is 3.99.